The van der Waals surface area contributed by atoms with Crippen LogP contribution >= 0.6 is 0 Å². The molecule has 0 aliphatic rings. The van der Waals surface area contributed by atoms with E-state index in [1.807, 2.05) is 0 Å². The molecule has 0 radical (unpaired) electrons. The molecule has 1 rings (SSSR count). The number of aryl methyl sites for hydroxylation is 1. The van der Waals surface area contributed by atoms with Gasteiger partial charge in [-0.3, -0.25) is 0 Å². The number of rotatable bonds is 4. The number of benzene rings is 1. The topological polar surface area (TPSA) is 35.5 Å². The Morgan fingerprint density at radius 3 is 2.80 bits per heavy atom. The highest BCUT2D eigenvalue weighted by molar-refractivity contribution is 5.71. The number of halogens is 1. The Morgan fingerprint density at radius 1 is 1.47 bits per heavy atom. The number of carbonyl (C=O) groups excluding carboxylic acids is 1. The Kier molecular flexibility index (Phi) is 4.09. The molecule has 0 aliphatic heterocycles. The normalized spacial score (nSPS) is 9.80. The number of hydrogen-bond donors (Lipinski definition) is 0. The predicted octanol–water partition coefficient (Wildman–Crippen LogP) is 2.08. The number of esters is 1. The minimum Gasteiger partial charge on any atom is -0.482 e. The van der Waals surface area contributed by atoms with E-state index in [1.54, 1.807) is 13.8 Å². The fourth-order valence-electron chi connectivity index (χ4n) is 1.05. The Balaban J connectivity index is 2.51. The molecule has 1 aromatic carbocycles. The van der Waals surface area contributed by atoms with E-state index in [0.29, 0.717) is 17.9 Å². The van der Waals surface area contributed by atoms with Gasteiger partial charge in [0.15, 0.2) is 6.61 Å². The van der Waals surface area contributed by atoms with Gasteiger partial charge in [-0.05, 0) is 37.6 Å². The molecule has 0 saturated carbocycles. The van der Waals surface area contributed by atoms with E-state index >= 15 is 0 Å². The number of carbonyl (C=O) groups is 1. The minimum absolute atomic E-state index is 0.154. The molecule has 0 amide bonds. The third-order valence-corrected chi connectivity index (χ3v) is 1.79. The monoisotopic (exact) mass is 212 g/mol. The molecule has 0 bridgehead atoms. The SMILES string of the molecule is CCOC(=O)COc1ccc(F)c(C)c1. The zero-order valence-corrected chi connectivity index (χ0v) is 8.75. The lowest BCUT2D eigenvalue weighted by molar-refractivity contribution is -0.145. The Bertz CT molecular complexity index is 350. The van der Waals surface area contributed by atoms with Gasteiger partial charge in [0.05, 0.1) is 6.61 Å². The van der Waals surface area contributed by atoms with Gasteiger partial charge >= 0.3 is 5.97 Å². The maximum absolute atomic E-state index is 12.9. The standard InChI is InChI=1S/C11H13FO3/c1-3-14-11(13)7-15-9-4-5-10(12)8(2)6-9/h4-6H,3,7H2,1-2H3. The molecule has 82 valence electrons. The van der Waals surface area contributed by atoms with Crippen molar-refractivity contribution in [1.82, 2.24) is 0 Å². The highest BCUT2D eigenvalue weighted by Gasteiger charge is 2.04. The Labute approximate surface area is 87.8 Å². The summed E-state index contributed by atoms with van der Waals surface area (Å²) >= 11 is 0. The van der Waals surface area contributed by atoms with E-state index in [0.717, 1.165) is 0 Å². The number of hydrogen-bond acceptors (Lipinski definition) is 3. The van der Waals surface area contributed by atoms with Crippen LogP contribution in [0.1, 0.15) is 12.5 Å². The van der Waals surface area contributed by atoms with Crippen molar-refractivity contribution in [1.29, 1.82) is 0 Å². The summed E-state index contributed by atoms with van der Waals surface area (Å²) in [7, 11) is 0. The van der Waals surface area contributed by atoms with E-state index in [4.69, 9.17) is 4.74 Å². The first kappa shape index (κ1) is 11.5. The van der Waals surface area contributed by atoms with Gasteiger partial charge in [-0.25, -0.2) is 9.18 Å². The first-order valence-corrected chi connectivity index (χ1v) is 4.68. The van der Waals surface area contributed by atoms with E-state index in [9.17, 15) is 9.18 Å². The van der Waals surface area contributed by atoms with Crippen LogP contribution in [0, 0.1) is 12.7 Å². The van der Waals surface area contributed by atoms with Crippen molar-refractivity contribution in [3.8, 4) is 5.75 Å². The first-order valence-electron chi connectivity index (χ1n) is 4.68. The minimum atomic E-state index is -0.431. The van der Waals surface area contributed by atoms with Gasteiger partial charge in [0.1, 0.15) is 11.6 Å². The second-order valence-corrected chi connectivity index (χ2v) is 3.00. The molecular formula is C11H13FO3. The zero-order chi connectivity index (χ0) is 11.3. The lowest BCUT2D eigenvalue weighted by atomic mass is 10.2. The highest BCUT2D eigenvalue weighted by Crippen LogP contribution is 2.15. The maximum Gasteiger partial charge on any atom is 0.344 e. The maximum atomic E-state index is 12.9. The van der Waals surface area contributed by atoms with E-state index in [1.165, 1.54) is 18.2 Å². The zero-order valence-electron chi connectivity index (χ0n) is 8.75. The number of ether oxygens (including phenoxy) is 2. The van der Waals surface area contributed by atoms with Gasteiger partial charge in [-0.15, -0.1) is 0 Å². The summed E-state index contributed by atoms with van der Waals surface area (Å²) in [6, 6.07) is 4.31. The summed E-state index contributed by atoms with van der Waals surface area (Å²) in [4.78, 5) is 10.9. The Morgan fingerprint density at radius 2 is 2.20 bits per heavy atom. The fourth-order valence-corrected chi connectivity index (χ4v) is 1.05. The van der Waals surface area contributed by atoms with Gasteiger partial charge < -0.3 is 9.47 Å². The van der Waals surface area contributed by atoms with Crippen LogP contribution in [0.3, 0.4) is 0 Å². The molecule has 0 N–H and O–H groups in total. The van der Waals surface area contributed by atoms with Crippen LogP contribution in [0.15, 0.2) is 18.2 Å². The van der Waals surface area contributed by atoms with Crippen molar-refractivity contribution in [2.24, 2.45) is 0 Å². The summed E-state index contributed by atoms with van der Waals surface area (Å²) in [5, 5.41) is 0. The van der Waals surface area contributed by atoms with Crippen LogP contribution in [-0.4, -0.2) is 19.2 Å². The predicted molar refractivity (Wildman–Crippen MR) is 53.3 cm³/mol. The van der Waals surface area contributed by atoms with Crippen LogP contribution in [0.25, 0.3) is 0 Å². The third kappa shape index (κ3) is 3.58. The molecule has 0 aromatic heterocycles. The van der Waals surface area contributed by atoms with Crippen LogP contribution in [-0.2, 0) is 9.53 Å². The molecule has 0 spiro atoms. The third-order valence-electron chi connectivity index (χ3n) is 1.79. The van der Waals surface area contributed by atoms with Gasteiger partial charge in [0.2, 0.25) is 0 Å². The summed E-state index contributed by atoms with van der Waals surface area (Å²) in [6.45, 7) is 3.52. The lowest BCUT2D eigenvalue weighted by Crippen LogP contribution is -2.14. The summed E-state index contributed by atoms with van der Waals surface area (Å²) in [5.74, 6) is -0.264. The molecular weight excluding hydrogens is 199 g/mol. The molecule has 0 aliphatic carbocycles. The molecule has 3 nitrogen and oxygen atoms in total. The van der Waals surface area contributed by atoms with Gasteiger partial charge in [0, 0.05) is 0 Å². The molecule has 1 aromatic rings. The van der Waals surface area contributed by atoms with Crippen LogP contribution in [0.5, 0.6) is 5.75 Å². The van der Waals surface area contributed by atoms with Crippen molar-refractivity contribution in [2.45, 2.75) is 13.8 Å². The van der Waals surface area contributed by atoms with Gasteiger partial charge in [-0.2, -0.15) is 0 Å². The Hall–Kier alpha value is -1.58. The molecule has 15 heavy (non-hydrogen) atoms. The smallest absolute Gasteiger partial charge is 0.344 e. The van der Waals surface area contributed by atoms with Crippen molar-refractivity contribution < 1.29 is 18.7 Å². The lowest BCUT2D eigenvalue weighted by Gasteiger charge is -2.06. The second-order valence-electron chi connectivity index (χ2n) is 3.00. The van der Waals surface area contributed by atoms with Crippen molar-refractivity contribution in [2.75, 3.05) is 13.2 Å². The first-order chi connectivity index (χ1) is 7.13. The highest BCUT2D eigenvalue weighted by atomic mass is 19.1. The van der Waals surface area contributed by atoms with E-state index in [-0.39, 0.29) is 12.4 Å². The van der Waals surface area contributed by atoms with Crippen molar-refractivity contribution in [3.05, 3.63) is 29.6 Å². The molecule has 0 fully saturated rings. The second kappa shape index (κ2) is 5.34. The molecule has 0 atom stereocenters. The van der Waals surface area contributed by atoms with Crippen molar-refractivity contribution >= 4 is 5.97 Å². The van der Waals surface area contributed by atoms with Crippen LogP contribution < -0.4 is 4.74 Å². The summed E-state index contributed by atoms with van der Waals surface area (Å²) in [5.41, 5.74) is 0.483. The fraction of sp³-hybridized carbons (Fsp3) is 0.364. The molecule has 0 unspecified atom stereocenters. The average molecular weight is 212 g/mol. The summed E-state index contributed by atoms with van der Waals surface area (Å²) in [6.07, 6.45) is 0. The van der Waals surface area contributed by atoms with E-state index in [2.05, 4.69) is 4.74 Å². The molecule has 0 saturated heterocycles. The van der Waals surface area contributed by atoms with E-state index < -0.39 is 5.97 Å². The van der Waals surface area contributed by atoms with Crippen molar-refractivity contribution in [3.63, 3.8) is 0 Å². The molecule has 4 heteroatoms. The van der Waals surface area contributed by atoms with Gasteiger partial charge in [-0.1, -0.05) is 0 Å². The average Bonchev–Trinajstić information content (AvgIpc) is 2.20. The summed E-state index contributed by atoms with van der Waals surface area (Å²) < 4.78 is 22.7. The van der Waals surface area contributed by atoms with Crippen LogP contribution in [0.4, 0.5) is 4.39 Å². The van der Waals surface area contributed by atoms with Gasteiger partial charge in [0.25, 0.3) is 0 Å². The van der Waals surface area contributed by atoms with Crippen LogP contribution in [0.2, 0.25) is 0 Å². The molecule has 0 heterocycles. The quantitative estimate of drug-likeness (QED) is 0.717. The largest absolute Gasteiger partial charge is 0.482 e.